The maximum Gasteiger partial charge on any atom is 0.332 e. The van der Waals surface area contributed by atoms with Crippen LogP contribution < -0.4 is 16.6 Å². The Labute approximate surface area is 133 Å². The fourth-order valence-electron chi connectivity index (χ4n) is 2.38. The molecule has 0 aliphatic carbocycles. The summed E-state index contributed by atoms with van der Waals surface area (Å²) in [5.74, 6) is 0.421. The summed E-state index contributed by atoms with van der Waals surface area (Å²) in [6.45, 7) is 5.24. The predicted molar refractivity (Wildman–Crippen MR) is 87.3 cm³/mol. The van der Waals surface area contributed by atoms with Gasteiger partial charge in [0.05, 0.1) is 6.33 Å². The average molecular weight is 321 g/mol. The third-order valence-electron chi connectivity index (χ3n) is 3.73. The third-order valence-corrected chi connectivity index (χ3v) is 3.73. The molecule has 1 N–H and O–H groups in total. The lowest BCUT2D eigenvalue weighted by molar-refractivity contribution is -0.121. The summed E-state index contributed by atoms with van der Waals surface area (Å²) in [5, 5.41) is 2.86. The molecule has 1 amide bonds. The fourth-order valence-corrected chi connectivity index (χ4v) is 2.38. The summed E-state index contributed by atoms with van der Waals surface area (Å²) in [7, 11) is 3.03. The van der Waals surface area contributed by atoms with Gasteiger partial charge in [0, 0.05) is 33.6 Å². The molecule has 0 radical (unpaired) electrons. The van der Waals surface area contributed by atoms with Crippen molar-refractivity contribution >= 4 is 17.1 Å². The molecule has 126 valence electrons. The molecule has 0 saturated heterocycles. The third kappa shape index (κ3) is 3.52. The zero-order chi connectivity index (χ0) is 17.1. The molecule has 0 aromatic carbocycles. The van der Waals surface area contributed by atoms with Crippen LogP contribution in [0.3, 0.4) is 0 Å². The second kappa shape index (κ2) is 6.80. The number of fused-ring (bicyclic) bond motifs is 1. The fraction of sp³-hybridized carbons (Fsp3) is 0.600. The molecule has 0 aliphatic heterocycles. The van der Waals surface area contributed by atoms with E-state index in [9.17, 15) is 14.4 Å². The van der Waals surface area contributed by atoms with E-state index < -0.39 is 5.69 Å². The quantitative estimate of drug-likeness (QED) is 0.810. The van der Waals surface area contributed by atoms with Crippen LogP contribution in [-0.2, 0) is 25.4 Å². The SMILES string of the molecule is CC(C)CNC(=O)CCCn1cnc2c1c(=O)n(C)c(=O)n2C. The number of aryl methyl sites for hydroxylation is 2. The number of nitrogens with zero attached hydrogens (tertiary/aromatic N) is 4. The Hall–Kier alpha value is -2.38. The van der Waals surface area contributed by atoms with Crippen molar-refractivity contribution in [2.24, 2.45) is 20.0 Å². The van der Waals surface area contributed by atoms with Crippen LogP contribution in [0.2, 0.25) is 0 Å². The number of aromatic nitrogens is 4. The van der Waals surface area contributed by atoms with Gasteiger partial charge in [0.1, 0.15) is 0 Å². The number of imidazole rings is 1. The molecule has 8 heteroatoms. The molecule has 0 unspecified atom stereocenters. The Morgan fingerprint density at radius 2 is 1.96 bits per heavy atom. The van der Waals surface area contributed by atoms with Crippen LogP contribution in [-0.4, -0.2) is 31.1 Å². The summed E-state index contributed by atoms with van der Waals surface area (Å²) in [6, 6.07) is 0. The van der Waals surface area contributed by atoms with Crippen molar-refractivity contribution in [3.8, 4) is 0 Å². The van der Waals surface area contributed by atoms with Crippen molar-refractivity contribution in [2.75, 3.05) is 6.54 Å². The van der Waals surface area contributed by atoms with Gasteiger partial charge in [-0.05, 0) is 12.3 Å². The summed E-state index contributed by atoms with van der Waals surface area (Å²) < 4.78 is 4.12. The van der Waals surface area contributed by atoms with Crippen molar-refractivity contribution < 1.29 is 4.79 Å². The van der Waals surface area contributed by atoms with Crippen LogP contribution in [0.25, 0.3) is 11.2 Å². The lowest BCUT2D eigenvalue weighted by Crippen LogP contribution is -2.37. The standard InChI is InChI=1S/C15H23N5O3/c1-10(2)8-16-11(21)6-5-7-20-9-17-13-12(20)14(22)19(4)15(23)18(13)3/h9-10H,5-8H2,1-4H3,(H,16,21). The van der Waals surface area contributed by atoms with Gasteiger partial charge in [0.25, 0.3) is 5.56 Å². The second-order valence-electron chi connectivity index (χ2n) is 6.12. The summed E-state index contributed by atoms with van der Waals surface area (Å²) >= 11 is 0. The predicted octanol–water partition coefficient (Wildman–Crippen LogP) is -0.0139. The molecule has 23 heavy (non-hydrogen) atoms. The van der Waals surface area contributed by atoms with Gasteiger partial charge in [0.15, 0.2) is 11.2 Å². The van der Waals surface area contributed by atoms with Crippen molar-refractivity contribution in [3.05, 3.63) is 27.2 Å². The highest BCUT2D eigenvalue weighted by atomic mass is 16.2. The highest BCUT2D eigenvalue weighted by Gasteiger charge is 2.14. The molecule has 0 aliphatic rings. The Kier molecular flexibility index (Phi) is 5.02. The first-order valence-corrected chi connectivity index (χ1v) is 7.70. The van der Waals surface area contributed by atoms with E-state index in [4.69, 9.17) is 0 Å². The zero-order valence-electron chi connectivity index (χ0n) is 14.0. The normalized spacial score (nSPS) is 11.3. The number of hydrogen-bond acceptors (Lipinski definition) is 4. The van der Waals surface area contributed by atoms with Crippen LogP contribution in [0.5, 0.6) is 0 Å². The van der Waals surface area contributed by atoms with Gasteiger partial charge >= 0.3 is 5.69 Å². The summed E-state index contributed by atoms with van der Waals surface area (Å²) in [6.07, 6.45) is 2.53. The first-order chi connectivity index (χ1) is 10.8. The second-order valence-corrected chi connectivity index (χ2v) is 6.12. The molecule has 2 heterocycles. The number of carbonyl (C=O) groups is 1. The highest BCUT2D eigenvalue weighted by molar-refractivity contribution is 5.75. The minimum atomic E-state index is -0.402. The van der Waals surface area contributed by atoms with E-state index in [0.29, 0.717) is 43.0 Å². The molecule has 2 aromatic heterocycles. The van der Waals surface area contributed by atoms with E-state index in [1.165, 1.54) is 17.9 Å². The van der Waals surface area contributed by atoms with Crippen LogP contribution in [0.4, 0.5) is 0 Å². The van der Waals surface area contributed by atoms with Gasteiger partial charge in [0.2, 0.25) is 5.91 Å². The van der Waals surface area contributed by atoms with Crippen LogP contribution in [0.15, 0.2) is 15.9 Å². The number of nitrogens with one attached hydrogen (secondary N) is 1. The van der Waals surface area contributed by atoms with Crippen molar-refractivity contribution in [2.45, 2.75) is 33.2 Å². The number of carbonyl (C=O) groups excluding carboxylic acids is 1. The van der Waals surface area contributed by atoms with Gasteiger partial charge in [-0.2, -0.15) is 0 Å². The van der Waals surface area contributed by atoms with Crippen LogP contribution in [0, 0.1) is 5.92 Å². The molecular formula is C15H23N5O3. The molecule has 2 rings (SSSR count). The Morgan fingerprint density at radius 3 is 2.61 bits per heavy atom. The van der Waals surface area contributed by atoms with Crippen molar-refractivity contribution in [3.63, 3.8) is 0 Å². The Balaban J connectivity index is 2.12. The minimum absolute atomic E-state index is 0.00317. The van der Waals surface area contributed by atoms with Crippen molar-refractivity contribution in [1.82, 2.24) is 24.0 Å². The topological polar surface area (TPSA) is 90.9 Å². The molecule has 2 aromatic rings. The molecule has 0 atom stereocenters. The number of rotatable bonds is 6. The van der Waals surface area contributed by atoms with Crippen LogP contribution in [0.1, 0.15) is 26.7 Å². The molecule has 0 spiro atoms. The maximum absolute atomic E-state index is 12.3. The van der Waals surface area contributed by atoms with Gasteiger partial charge in [-0.15, -0.1) is 0 Å². The minimum Gasteiger partial charge on any atom is -0.356 e. The van der Waals surface area contributed by atoms with E-state index in [1.807, 2.05) is 13.8 Å². The lowest BCUT2D eigenvalue weighted by atomic mass is 10.2. The summed E-state index contributed by atoms with van der Waals surface area (Å²) in [4.78, 5) is 40.0. The van der Waals surface area contributed by atoms with E-state index in [0.717, 1.165) is 4.57 Å². The van der Waals surface area contributed by atoms with Gasteiger partial charge < -0.3 is 9.88 Å². The smallest absolute Gasteiger partial charge is 0.332 e. The molecule has 0 saturated carbocycles. The van der Waals surface area contributed by atoms with E-state index in [2.05, 4.69) is 10.3 Å². The van der Waals surface area contributed by atoms with Gasteiger partial charge in [-0.3, -0.25) is 18.7 Å². The van der Waals surface area contributed by atoms with Crippen molar-refractivity contribution in [1.29, 1.82) is 0 Å². The van der Waals surface area contributed by atoms with E-state index in [-0.39, 0.29) is 11.5 Å². The highest BCUT2D eigenvalue weighted by Crippen LogP contribution is 2.07. The largest absolute Gasteiger partial charge is 0.356 e. The lowest BCUT2D eigenvalue weighted by Gasteiger charge is -2.08. The number of amides is 1. The molecular weight excluding hydrogens is 298 g/mol. The average Bonchev–Trinajstić information content (AvgIpc) is 2.93. The zero-order valence-corrected chi connectivity index (χ0v) is 14.0. The van der Waals surface area contributed by atoms with Crippen LogP contribution >= 0.6 is 0 Å². The van der Waals surface area contributed by atoms with Gasteiger partial charge in [-0.25, -0.2) is 9.78 Å². The van der Waals surface area contributed by atoms with E-state index in [1.54, 1.807) is 11.6 Å². The molecule has 8 nitrogen and oxygen atoms in total. The summed E-state index contributed by atoms with van der Waals surface area (Å²) in [5.41, 5.74) is -0.0229. The Morgan fingerprint density at radius 1 is 1.26 bits per heavy atom. The maximum atomic E-state index is 12.3. The van der Waals surface area contributed by atoms with E-state index >= 15 is 0 Å². The Bertz CT molecular complexity index is 828. The molecule has 0 bridgehead atoms. The monoisotopic (exact) mass is 321 g/mol. The molecule has 0 fully saturated rings. The van der Waals surface area contributed by atoms with Gasteiger partial charge in [-0.1, -0.05) is 13.8 Å². The first-order valence-electron chi connectivity index (χ1n) is 7.70. The number of hydrogen-bond donors (Lipinski definition) is 1. The first kappa shape index (κ1) is 17.0.